The van der Waals surface area contributed by atoms with Crippen molar-refractivity contribution in [3.8, 4) is 17.9 Å². The molecule has 3 heteroatoms. The smallest absolute Gasteiger partial charge is 0.152 e. The summed E-state index contributed by atoms with van der Waals surface area (Å²) in [6, 6.07) is 5.03. The number of aromatic nitrogens is 1. The molecule has 0 bridgehead atoms. The van der Waals surface area contributed by atoms with Gasteiger partial charge in [0.25, 0.3) is 0 Å². The number of pyridine rings is 1. The number of nitrogens with zero attached hydrogens (tertiary/aromatic N) is 2. The quantitative estimate of drug-likeness (QED) is 0.603. The third-order valence-corrected chi connectivity index (χ3v) is 1.25. The fourth-order valence-corrected chi connectivity index (χ4v) is 0.733. The fourth-order valence-electron chi connectivity index (χ4n) is 0.733. The number of aliphatic hydroxyl groups is 1. The molecular formula is C9H6N2O. The zero-order valence-corrected chi connectivity index (χ0v) is 6.28. The molecule has 0 aromatic carbocycles. The lowest BCUT2D eigenvalue weighted by molar-refractivity contribution is 0.281. The van der Waals surface area contributed by atoms with Crippen LogP contribution in [-0.4, -0.2) is 10.1 Å². The molecule has 0 atom stereocenters. The van der Waals surface area contributed by atoms with Crippen LogP contribution in [0.15, 0.2) is 18.3 Å². The standard InChI is InChI=1S/C9H6N2O/c10-4-1-2-9-6-8(7-12)3-5-11-9/h3,5-6,12H,7H2. The van der Waals surface area contributed by atoms with Gasteiger partial charge in [-0.1, -0.05) is 0 Å². The third-order valence-electron chi connectivity index (χ3n) is 1.25. The van der Waals surface area contributed by atoms with Gasteiger partial charge in [0.15, 0.2) is 6.07 Å². The van der Waals surface area contributed by atoms with Crippen molar-refractivity contribution in [1.82, 2.24) is 4.98 Å². The molecule has 0 saturated carbocycles. The van der Waals surface area contributed by atoms with Gasteiger partial charge in [-0.2, -0.15) is 5.26 Å². The predicted octanol–water partition coefficient (Wildman–Crippen LogP) is 0.449. The van der Waals surface area contributed by atoms with E-state index in [9.17, 15) is 0 Å². The molecule has 1 aromatic heterocycles. The molecule has 0 saturated heterocycles. The maximum Gasteiger partial charge on any atom is 0.152 e. The Balaban J connectivity index is 2.96. The van der Waals surface area contributed by atoms with Crippen molar-refractivity contribution in [2.24, 2.45) is 0 Å². The summed E-state index contributed by atoms with van der Waals surface area (Å²) in [6.45, 7) is -0.0379. The summed E-state index contributed by atoms with van der Waals surface area (Å²) in [6.07, 6.45) is 1.55. The van der Waals surface area contributed by atoms with Crippen LogP contribution in [0.3, 0.4) is 0 Å². The Labute approximate surface area is 70.3 Å². The maximum absolute atomic E-state index is 8.75. The van der Waals surface area contributed by atoms with Crippen molar-refractivity contribution in [2.75, 3.05) is 0 Å². The van der Waals surface area contributed by atoms with Crippen LogP contribution in [0.25, 0.3) is 0 Å². The summed E-state index contributed by atoms with van der Waals surface area (Å²) >= 11 is 0. The highest BCUT2D eigenvalue weighted by molar-refractivity contribution is 5.34. The van der Waals surface area contributed by atoms with Gasteiger partial charge in [-0.25, -0.2) is 4.98 Å². The summed E-state index contributed by atoms with van der Waals surface area (Å²) in [5.41, 5.74) is 1.25. The molecule has 12 heavy (non-hydrogen) atoms. The summed E-state index contributed by atoms with van der Waals surface area (Å²) in [4.78, 5) is 3.89. The van der Waals surface area contributed by atoms with E-state index in [0.29, 0.717) is 5.69 Å². The van der Waals surface area contributed by atoms with E-state index in [-0.39, 0.29) is 6.61 Å². The number of rotatable bonds is 1. The highest BCUT2D eigenvalue weighted by Gasteiger charge is 1.91. The highest BCUT2D eigenvalue weighted by Crippen LogP contribution is 1.99. The lowest BCUT2D eigenvalue weighted by Gasteiger charge is -1.93. The first kappa shape index (κ1) is 8.26. The van der Waals surface area contributed by atoms with E-state index in [0.717, 1.165) is 5.56 Å². The van der Waals surface area contributed by atoms with Gasteiger partial charge >= 0.3 is 0 Å². The Kier molecular flexibility index (Phi) is 2.84. The summed E-state index contributed by atoms with van der Waals surface area (Å²) < 4.78 is 0. The normalized spacial score (nSPS) is 8.00. The molecule has 0 fully saturated rings. The molecule has 0 aliphatic heterocycles. The van der Waals surface area contributed by atoms with E-state index in [1.165, 1.54) is 0 Å². The molecule has 0 aliphatic carbocycles. The average Bonchev–Trinajstić information content (AvgIpc) is 2.15. The lowest BCUT2D eigenvalue weighted by atomic mass is 10.2. The Hall–Kier alpha value is -1.84. The molecular weight excluding hydrogens is 152 g/mol. The van der Waals surface area contributed by atoms with Crippen LogP contribution in [0.4, 0.5) is 0 Å². The van der Waals surface area contributed by atoms with E-state index in [1.807, 2.05) is 0 Å². The van der Waals surface area contributed by atoms with E-state index in [1.54, 1.807) is 24.4 Å². The van der Waals surface area contributed by atoms with Gasteiger partial charge in [-0.15, -0.1) is 0 Å². The number of aliphatic hydroxyl groups excluding tert-OH is 1. The van der Waals surface area contributed by atoms with Crippen LogP contribution in [0.5, 0.6) is 0 Å². The average molecular weight is 158 g/mol. The largest absolute Gasteiger partial charge is 0.392 e. The van der Waals surface area contributed by atoms with E-state index >= 15 is 0 Å². The zero-order chi connectivity index (χ0) is 8.81. The highest BCUT2D eigenvalue weighted by atomic mass is 16.3. The predicted molar refractivity (Wildman–Crippen MR) is 42.7 cm³/mol. The van der Waals surface area contributed by atoms with Gasteiger partial charge in [0.1, 0.15) is 5.69 Å². The molecule has 1 N–H and O–H groups in total. The van der Waals surface area contributed by atoms with Crippen molar-refractivity contribution < 1.29 is 5.11 Å². The second kappa shape index (κ2) is 4.12. The van der Waals surface area contributed by atoms with E-state index < -0.39 is 0 Å². The van der Waals surface area contributed by atoms with Crippen LogP contribution < -0.4 is 0 Å². The molecule has 0 radical (unpaired) electrons. The second-order valence-electron chi connectivity index (χ2n) is 2.07. The fraction of sp³-hybridized carbons (Fsp3) is 0.111. The lowest BCUT2D eigenvalue weighted by Crippen LogP contribution is -1.87. The topological polar surface area (TPSA) is 56.9 Å². The van der Waals surface area contributed by atoms with Crippen molar-refractivity contribution in [2.45, 2.75) is 6.61 Å². The van der Waals surface area contributed by atoms with Crippen molar-refractivity contribution in [3.63, 3.8) is 0 Å². The molecule has 1 aromatic rings. The minimum atomic E-state index is -0.0379. The van der Waals surface area contributed by atoms with Crippen molar-refractivity contribution in [1.29, 1.82) is 5.26 Å². The summed E-state index contributed by atoms with van der Waals surface area (Å²) in [7, 11) is 0. The Morgan fingerprint density at radius 1 is 1.58 bits per heavy atom. The van der Waals surface area contributed by atoms with Gasteiger partial charge in [-0.05, 0) is 23.6 Å². The van der Waals surface area contributed by atoms with Crippen LogP contribution >= 0.6 is 0 Å². The monoisotopic (exact) mass is 158 g/mol. The van der Waals surface area contributed by atoms with Crippen LogP contribution in [-0.2, 0) is 6.61 Å². The maximum atomic E-state index is 8.75. The number of nitriles is 1. The Bertz CT molecular complexity index is 368. The van der Waals surface area contributed by atoms with Crippen molar-refractivity contribution >= 4 is 0 Å². The first-order valence-electron chi connectivity index (χ1n) is 3.32. The third kappa shape index (κ3) is 2.09. The van der Waals surface area contributed by atoms with Crippen LogP contribution in [0.1, 0.15) is 11.3 Å². The molecule has 3 nitrogen and oxygen atoms in total. The first-order chi connectivity index (χ1) is 5.86. The van der Waals surface area contributed by atoms with Crippen LogP contribution in [0.2, 0.25) is 0 Å². The van der Waals surface area contributed by atoms with Gasteiger partial charge in [0, 0.05) is 12.1 Å². The summed E-state index contributed by atoms with van der Waals surface area (Å²) in [5.74, 6) is 4.76. The van der Waals surface area contributed by atoms with Crippen LogP contribution in [0, 0.1) is 23.2 Å². The minimum absolute atomic E-state index is 0.0379. The Morgan fingerprint density at radius 3 is 3.08 bits per heavy atom. The SMILES string of the molecule is N#CC#Cc1cc(CO)ccn1. The van der Waals surface area contributed by atoms with Gasteiger partial charge < -0.3 is 5.11 Å². The van der Waals surface area contributed by atoms with Gasteiger partial charge in [0.2, 0.25) is 0 Å². The minimum Gasteiger partial charge on any atom is -0.392 e. The molecule has 0 spiro atoms. The Morgan fingerprint density at radius 2 is 2.42 bits per heavy atom. The van der Waals surface area contributed by atoms with E-state index in [2.05, 4.69) is 16.8 Å². The summed E-state index contributed by atoms with van der Waals surface area (Å²) in [5, 5.41) is 16.9. The molecule has 0 amide bonds. The molecule has 0 aliphatic rings. The molecule has 0 unspecified atom stereocenters. The number of hydrogen-bond donors (Lipinski definition) is 1. The van der Waals surface area contributed by atoms with Crippen molar-refractivity contribution in [3.05, 3.63) is 29.6 Å². The zero-order valence-electron chi connectivity index (χ0n) is 6.28. The molecule has 1 rings (SSSR count). The second-order valence-corrected chi connectivity index (χ2v) is 2.07. The molecule has 58 valence electrons. The molecule has 1 heterocycles. The van der Waals surface area contributed by atoms with Gasteiger partial charge in [-0.3, -0.25) is 0 Å². The number of hydrogen-bond acceptors (Lipinski definition) is 3. The van der Waals surface area contributed by atoms with Gasteiger partial charge in [0.05, 0.1) is 6.61 Å². The van der Waals surface area contributed by atoms with E-state index in [4.69, 9.17) is 10.4 Å². The first-order valence-corrected chi connectivity index (χ1v) is 3.32.